The van der Waals surface area contributed by atoms with Crippen LogP contribution in [-0.2, 0) is 13.0 Å². The molecule has 0 fully saturated rings. The topological polar surface area (TPSA) is 68.5 Å². The predicted molar refractivity (Wildman–Crippen MR) is 96.0 cm³/mol. The molecule has 0 aliphatic heterocycles. The molecule has 25 heavy (non-hydrogen) atoms. The molecule has 1 heterocycles. The first-order chi connectivity index (χ1) is 12.1. The number of carbonyl (C=O) groups is 1. The molecule has 0 aliphatic carbocycles. The maximum atomic E-state index is 12.4. The van der Waals surface area contributed by atoms with Crippen molar-refractivity contribution in [2.75, 3.05) is 7.11 Å². The van der Waals surface area contributed by atoms with E-state index in [4.69, 9.17) is 9.15 Å². The Morgan fingerprint density at radius 3 is 2.60 bits per heavy atom. The number of fused-ring (bicyclic) bond motifs is 1. The summed E-state index contributed by atoms with van der Waals surface area (Å²) in [6.45, 7) is 2.42. The van der Waals surface area contributed by atoms with Crippen LogP contribution in [0.1, 0.15) is 28.4 Å². The van der Waals surface area contributed by atoms with Crippen LogP contribution in [0.25, 0.3) is 11.0 Å². The average molecular weight is 337 g/mol. The Balaban J connectivity index is 1.86. The first-order valence-corrected chi connectivity index (χ1v) is 8.09. The van der Waals surface area contributed by atoms with E-state index in [1.54, 1.807) is 25.3 Å². The quantitative estimate of drug-likeness (QED) is 0.725. The van der Waals surface area contributed by atoms with E-state index in [0.717, 1.165) is 17.5 Å². The second-order valence-electron chi connectivity index (χ2n) is 5.66. The number of rotatable bonds is 5. The number of hydrogen-bond donors (Lipinski definition) is 1. The summed E-state index contributed by atoms with van der Waals surface area (Å²) in [5.41, 5.74) is 1.94. The Labute approximate surface area is 145 Å². The Morgan fingerprint density at radius 2 is 1.88 bits per heavy atom. The molecular weight excluding hydrogens is 318 g/mol. The minimum Gasteiger partial charge on any atom is -0.497 e. The predicted octanol–water partition coefficient (Wildman–Crippen LogP) is 3.29. The Bertz CT molecular complexity index is 975. The van der Waals surface area contributed by atoms with Crippen LogP contribution in [0.2, 0.25) is 0 Å². The molecule has 0 unspecified atom stereocenters. The molecule has 0 saturated heterocycles. The van der Waals surface area contributed by atoms with E-state index in [1.165, 1.54) is 6.07 Å². The van der Waals surface area contributed by atoms with Crippen molar-refractivity contribution in [3.8, 4) is 5.75 Å². The molecule has 5 nitrogen and oxygen atoms in total. The Kier molecular flexibility index (Phi) is 4.84. The van der Waals surface area contributed by atoms with Crippen molar-refractivity contribution in [1.29, 1.82) is 0 Å². The summed E-state index contributed by atoms with van der Waals surface area (Å²) >= 11 is 0. The molecule has 2 aromatic carbocycles. The van der Waals surface area contributed by atoms with Gasteiger partial charge in [0, 0.05) is 11.9 Å². The van der Waals surface area contributed by atoms with Crippen LogP contribution in [0.4, 0.5) is 0 Å². The zero-order valence-corrected chi connectivity index (χ0v) is 14.2. The zero-order chi connectivity index (χ0) is 17.8. The molecule has 1 amide bonds. The van der Waals surface area contributed by atoms with Crippen LogP contribution in [-0.4, -0.2) is 13.0 Å². The number of nitrogens with one attached hydrogen (secondary N) is 1. The minimum absolute atomic E-state index is 0.0188. The number of amides is 1. The van der Waals surface area contributed by atoms with Gasteiger partial charge in [-0.15, -0.1) is 0 Å². The fourth-order valence-corrected chi connectivity index (χ4v) is 2.73. The van der Waals surface area contributed by atoms with Gasteiger partial charge in [0.25, 0.3) is 5.91 Å². The fourth-order valence-electron chi connectivity index (χ4n) is 2.73. The van der Waals surface area contributed by atoms with Crippen LogP contribution >= 0.6 is 0 Å². The summed E-state index contributed by atoms with van der Waals surface area (Å²) in [6, 6.07) is 14.5. The smallest absolute Gasteiger partial charge is 0.349 e. The number of methoxy groups -OCH3 is 1. The van der Waals surface area contributed by atoms with E-state index < -0.39 is 11.5 Å². The van der Waals surface area contributed by atoms with E-state index in [9.17, 15) is 9.59 Å². The fraction of sp³-hybridized carbons (Fsp3) is 0.200. The lowest BCUT2D eigenvalue weighted by molar-refractivity contribution is 0.0947. The van der Waals surface area contributed by atoms with Crippen molar-refractivity contribution in [2.24, 2.45) is 0 Å². The van der Waals surface area contributed by atoms with Crippen molar-refractivity contribution in [3.63, 3.8) is 0 Å². The molecule has 128 valence electrons. The lowest BCUT2D eigenvalue weighted by atomic mass is 10.1. The van der Waals surface area contributed by atoms with E-state index in [0.29, 0.717) is 23.3 Å². The Morgan fingerprint density at radius 1 is 1.12 bits per heavy atom. The molecule has 1 N–H and O–H groups in total. The summed E-state index contributed by atoms with van der Waals surface area (Å²) in [5, 5.41) is 3.43. The second kappa shape index (κ2) is 7.21. The van der Waals surface area contributed by atoms with E-state index in [2.05, 4.69) is 12.2 Å². The van der Waals surface area contributed by atoms with Crippen LogP contribution in [0.3, 0.4) is 0 Å². The standard InChI is InChI=1S/C20H19NO4/c1-3-13-6-4-5-7-14(13)12-21-19(22)17-11-15-10-16(24-2)8-9-18(15)25-20(17)23/h4-11H,3,12H2,1-2H3,(H,21,22). The summed E-state index contributed by atoms with van der Waals surface area (Å²) in [5.74, 6) is 0.175. The summed E-state index contributed by atoms with van der Waals surface area (Å²) < 4.78 is 10.4. The molecule has 0 atom stereocenters. The lowest BCUT2D eigenvalue weighted by Gasteiger charge is -2.09. The van der Waals surface area contributed by atoms with Gasteiger partial charge in [0.1, 0.15) is 16.9 Å². The number of hydrogen-bond acceptors (Lipinski definition) is 4. The molecule has 0 aliphatic rings. The van der Waals surface area contributed by atoms with Gasteiger partial charge >= 0.3 is 5.63 Å². The largest absolute Gasteiger partial charge is 0.497 e. The van der Waals surface area contributed by atoms with Crippen molar-refractivity contribution in [1.82, 2.24) is 5.32 Å². The third-order valence-electron chi connectivity index (χ3n) is 4.12. The molecule has 5 heteroatoms. The monoisotopic (exact) mass is 337 g/mol. The Hall–Kier alpha value is -3.08. The maximum Gasteiger partial charge on any atom is 0.349 e. The molecule has 0 radical (unpaired) electrons. The third kappa shape index (κ3) is 3.55. The first-order valence-electron chi connectivity index (χ1n) is 8.09. The maximum absolute atomic E-state index is 12.4. The van der Waals surface area contributed by atoms with Crippen molar-refractivity contribution >= 4 is 16.9 Å². The molecule has 0 bridgehead atoms. The van der Waals surface area contributed by atoms with Crippen LogP contribution in [0, 0.1) is 0 Å². The molecule has 0 spiro atoms. The van der Waals surface area contributed by atoms with E-state index >= 15 is 0 Å². The van der Waals surface area contributed by atoms with Crippen molar-refractivity contribution in [2.45, 2.75) is 19.9 Å². The molecule has 3 aromatic rings. The number of ether oxygens (including phenoxy) is 1. The third-order valence-corrected chi connectivity index (χ3v) is 4.12. The van der Waals surface area contributed by atoms with Gasteiger partial charge in [-0.05, 0) is 41.8 Å². The van der Waals surface area contributed by atoms with Crippen molar-refractivity contribution < 1.29 is 13.9 Å². The molecule has 3 rings (SSSR count). The second-order valence-corrected chi connectivity index (χ2v) is 5.66. The van der Waals surface area contributed by atoms with Gasteiger partial charge in [0.15, 0.2) is 0 Å². The molecule has 0 saturated carbocycles. The first kappa shape index (κ1) is 16.8. The number of benzene rings is 2. The zero-order valence-electron chi connectivity index (χ0n) is 14.2. The van der Waals surface area contributed by atoms with Gasteiger partial charge in [-0.25, -0.2) is 4.79 Å². The normalized spacial score (nSPS) is 10.6. The van der Waals surface area contributed by atoms with Crippen LogP contribution in [0.15, 0.2) is 57.7 Å². The van der Waals surface area contributed by atoms with Gasteiger partial charge in [0.2, 0.25) is 0 Å². The van der Waals surface area contributed by atoms with Gasteiger partial charge in [0.05, 0.1) is 7.11 Å². The summed E-state index contributed by atoms with van der Waals surface area (Å²) in [6.07, 6.45) is 0.879. The summed E-state index contributed by atoms with van der Waals surface area (Å²) in [7, 11) is 1.55. The SMILES string of the molecule is CCc1ccccc1CNC(=O)c1cc2cc(OC)ccc2oc1=O. The average Bonchev–Trinajstić information content (AvgIpc) is 2.65. The van der Waals surface area contributed by atoms with Gasteiger partial charge in [-0.2, -0.15) is 0 Å². The number of carbonyl (C=O) groups excluding carboxylic acids is 1. The van der Waals surface area contributed by atoms with Crippen molar-refractivity contribution in [3.05, 3.63) is 75.6 Å². The van der Waals surface area contributed by atoms with Gasteiger partial charge in [-0.3, -0.25) is 4.79 Å². The highest BCUT2D eigenvalue weighted by atomic mass is 16.5. The number of aryl methyl sites for hydroxylation is 1. The highest BCUT2D eigenvalue weighted by molar-refractivity contribution is 5.96. The van der Waals surface area contributed by atoms with Gasteiger partial charge in [-0.1, -0.05) is 31.2 Å². The van der Waals surface area contributed by atoms with E-state index in [1.807, 2.05) is 24.3 Å². The lowest BCUT2D eigenvalue weighted by Crippen LogP contribution is -2.28. The van der Waals surface area contributed by atoms with Crippen LogP contribution in [0.5, 0.6) is 5.75 Å². The minimum atomic E-state index is -0.654. The van der Waals surface area contributed by atoms with Crippen LogP contribution < -0.4 is 15.7 Å². The molecular formula is C20H19NO4. The summed E-state index contributed by atoms with van der Waals surface area (Å²) in [4.78, 5) is 24.5. The highest BCUT2D eigenvalue weighted by Gasteiger charge is 2.14. The molecule has 1 aromatic heterocycles. The van der Waals surface area contributed by atoms with E-state index in [-0.39, 0.29) is 5.56 Å². The highest BCUT2D eigenvalue weighted by Crippen LogP contribution is 2.20. The van der Waals surface area contributed by atoms with Gasteiger partial charge < -0.3 is 14.5 Å².